The molecule has 4 heteroatoms. The van der Waals surface area contributed by atoms with Crippen molar-refractivity contribution >= 4 is 0 Å². The second-order valence-electron chi connectivity index (χ2n) is 5.22. The molecular formula is C15H30O4. The average Bonchev–Trinajstić information content (AvgIpc) is 2.99. The van der Waals surface area contributed by atoms with Crippen LogP contribution in [0.15, 0.2) is 0 Å². The van der Waals surface area contributed by atoms with Gasteiger partial charge in [-0.3, -0.25) is 0 Å². The van der Waals surface area contributed by atoms with Crippen molar-refractivity contribution in [2.24, 2.45) is 5.92 Å². The normalized spacial score (nSPS) is 22.9. The highest BCUT2D eigenvalue weighted by atomic mass is 16.7. The van der Waals surface area contributed by atoms with Crippen LogP contribution in [0.1, 0.15) is 52.4 Å². The third kappa shape index (κ3) is 6.21. The number of aliphatic hydroxyl groups excluding tert-OH is 1. The molecule has 0 aromatic rings. The number of hydrogen-bond acceptors (Lipinski definition) is 4. The molecular weight excluding hydrogens is 244 g/mol. The molecule has 0 aromatic heterocycles. The zero-order valence-electron chi connectivity index (χ0n) is 12.5. The molecule has 2 rings (SSSR count). The van der Waals surface area contributed by atoms with Crippen molar-refractivity contribution in [2.75, 3.05) is 33.0 Å². The van der Waals surface area contributed by atoms with Crippen molar-refractivity contribution in [1.29, 1.82) is 0 Å². The van der Waals surface area contributed by atoms with Gasteiger partial charge in [0.15, 0.2) is 5.79 Å². The predicted octanol–water partition coefficient (Wildman–Crippen LogP) is 2.74. The summed E-state index contributed by atoms with van der Waals surface area (Å²) in [5.74, 6) is 0.0962. The highest BCUT2D eigenvalue weighted by Crippen LogP contribution is 2.35. The minimum absolute atomic E-state index is 0.300. The molecule has 0 spiro atoms. The summed E-state index contributed by atoms with van der Waals surface area (Å²) in [7, 11) is 0. The number of rotatable bonds is 5. The molecule has 1 aliphatic heterocycles. The van der Waals surface area contributed by atoms with E-state index in [0.717, 1.165) is 38.9 Å². The highest BCUT2D eigenvalue weighted by molar-refractivity contribution is 4.79. The van der Waals surface area contributed by atoms with Gasteiger partial charge in [0.1, 0.15) is 0 Å². The molecule has 114 valence electrons. The van der Waals surface area contributed by atoms with Crippen LogP contribution in [-0.2, 0) is 14.2 Å². The van der Waals surface area contributed by atoms with Gasteiger partial charge in [0.25, 0.3) is 0 Å². The van der Waals surface area contributed by atoms with Gasteiger partial charge in [0.2, 0.25) is 0 Å². The van der Waals surface area contributed by atoms with Gasteiger partial charge >= 0.3 is 0 Å². The molecule has 1 aliphatic carbocycles. The van der Waals surface area contributed by atoms with E-state index in [4.69, 9.17) is 19.3 Å². The van der Waals surface area contributed by atoms with E-state index in [1.54, 1.807) is 0 Å². The Labute approximate surface area is 117 Å². The number of ether oxygens (including phenoxy) is 3. The standard InChI is InChI=1S/C11H22O3.C4H8O/c1-3-13-11(14-4-2)7-5-10(9-12)6-8-11;1-2-4-5-3-1/h10,12H,3-9H2,1-2H3;1-4H2. The lowest BCUT2D eigenvalue weighted by Gasteiger charge is -2.38. The van der Waals surface area contributed by atoms with Crippen molar-refractivity contribution in [2.45, 2.75) is 58.2 Å². The predicted molar refractivity (Wildman–Crippen MR) is 75.1 cm³/mol. The van der Waals surface area contributed by atoms with E-state index in [9.17, 15) is 0 Å². The van der Waals surface area contributed by atoms with Crippen LogP contribution in [0.3, 0.4) is 0 Å². The maximum absolute atomic E-state index is 9.04. The van der Waals surface area contributed by atoms with Crippen LogP contribution in [0.2, 0.25) is 0 Å². The lowest BCUT2D eigenvalue weighted by Crippen LogP contribution is -2.40. The number of aliphatic hydroxyl groups is 1. The summed E-state index contributed by atoms with van der Waals surface area (Å²) in [6.07, 6.45) is 6.41. The molecule has 2 aliphatic rings. The van der Waals surface area contributed by atoms with Crippen LogP contribution in [0, 0.1) is 5.92 Å². The van der Waals surface area contributed by atoms with Crippen molar-refractivity contribution in [3.8, 4) is 0 Å². The van der Waals surface area contributed by atoms with E-state index in [1.807, 2.05) is 13.8 Å². The summed E-state index contributed by atoms with van der Waals surface area (Å²) < 4.78 is 16.3. The molecule has 0 unspecified atom stereocenters. The van der Waals surface area contributed by atoms with Gasteiger partial charge in [0.05, 0.1) is 0 Å². The first-order valence-electron chi connectivity index (χ1n) is 7.73. The SMILES string of the molecule is C1CCOC1.CCOC1(OCC)CCC(CO)CC1. The second kappa shape index (κ2) is 9.70. The number of hydrogen-bond donors (Lipinski definition) is 1. The molecule has 1 heterocycles. The molecule has 0 amide bonds. The molecule has 1 N–H and O–H groups in total. The monoisotopic (exact) mass is 274 g/mol. The Bertz CT molecular complexity index is 193. The lowest BCUT2D eigenvalue weighted by molar-refractivity contribution is -0.252. The van der Waals surface area contributed by atoms with Gasteiger partial charge in [0, 0.05) is 45.9 Å². The fourth-order valence-electron chi connectivity index (χ4n) is 2.67. The van der Waals surface area contributed by atoms with Gasteiger partial charge in [-0.05, 0) is 45.4 Å². The van der Waals surface area contributed by atoms with Crippen LogP contribution in [-0.4, -0.2) is 43.9 Å². The third-order valence-electron chi connectivity index (χ3n) is 3.77. The quantitative estimate of drug-likeness (QED) is 0.783. The minimum atomic E-state index is -0.352. The average molecular weight is 274 g/mol. The van der Waals surface area contributed by atoms with E-state index in [1.165, 1.54) is 12.8 Å². The van der Waals surface area contributed by atoms with Gasteiger partial charge in [-0.1, -0.05) is 0 Å². The fourth-order valence-corrected chi connectivity index (χ4v) is 2.67. The van der Waals surface area contributed by atoms with Crippen LogP contribution >= 0.6 is 0 Å². The first kappa shape index (κ1) is 16.9. The van der Waals surface area contributed by atoms with Crippen LogP contribution in [0.4, 0.5) is 0 Å². The molecule has 0 aromatic carbocycles. The Balaban J connectivity index is 0.000000300. The smallest absolute Gasteiger partial charge is 0.168 e. The van der Waals surface area contributed by atoms with Gasteiger partial charge in [-0.15, -0.1) is 0 Å². The van der Waals surface area contributed by atoms with Crippen LogP contribution in [0.5, 0.6) is 0 Å². The Morgan fingerprint density at radius 1 is 1.05 bits per heavy atom. The zero-order chi connectivity index (χ0) is 14.0. The molecule has 1 saturated heterocycles. The van der Waals surface area contributed by atoms with Crippen LogP contribution in [0.25, 0.3) is 0 Å². The van der Waals surface area contributed by atoms with Crippen molar-refractivity contribution in [3.63, 3.8) is 0 Å². The molecule has 19 heavy (non-hydrogen) atoms. The Morgan fingerprint density at radius 2 is 1.58 bits per heavy atom. The Hall–Kier alpha value is -0.160. The minimum Gasteiger partial charge on any atom is -0.396 e. The highest BCUT2D eigenvalue weighted by Gasteiger charge is 2.36. The maximum atomic E-state index is 9.04. The zero-order valence-corrected chi connectivity index (χ0v) is 12.5. The molecule has 0 radical (unpaired) electrons. The summed E-state index contributed by atoms with van der Waals surface area (Å²) >= 11 is 0. The lowest BCUT2D eigenvalue weighted by atomic mass is 9.85. The molecule has 1 saturated carbocycles. The summed E-state index contributed by atoms with van der Waals surface area (Å²) in [6.45, 7) is 7.69. The maximum Gasteiger partial charge on any atom is 0.168 e. The van der Waals surface area contributed by atoms with E-state index in [2.05, 4.69) is 0 Å². The first-order valence-corrected chi connectivity index (χ1v) is 7.73. The molecule has 4 nitrogen and oxygen atoms in total. The fraction of sp³-hybridized carbons (Fsp3) is 1.00. The van der Waals surface area contributed by atoms with Crippen molar-refractivity contribution in [3.05, 3.63) is 0 Å². The molecule has 2 fully saturated rings. The summed E-state index contributed by atoms with van der Waals surface area (Å²) in [4.78, 5) is 0. The summed E-state index contributed by atoms with van der Waals surface area (Å²) in [5, 5.41) is 9.04. The molecule has 0 atom stereocenters. The Morgan fingerprint density at radius 3 is 1.89 bits per heavy atom. The summed E-state index contributed by atoms with van der Waals surface area (Å²) in [6, 6.07) is 0. The van der Waals surface area contributed by atoms with Crippen LogP contribution < -0.4 is 0 Å². The van der Waals surface area contributed by atoms with Gasteiger partial charge in [-0.25, -0.2) is 0 Å². The second-order valence-corrected chi connectivity index (χ2v) is 5.22. The van der Waals surface area contributed by atoms with E-state index >= 15 is 0 Å². The largest absolute Gasteiger partial charge is 0.396 e. The van der Waals surface area contributed by atoms with E-state index in [0.29, 0.717) is 25.7 Å². The summed E-state index contributed by atoms with van der Waals surface area (Å²) in [5.41, 5.74) is 0. The third-order valence-corrected chi connectivity index (χ3v) is 3.77. The van der Waals surface area contributed by atoms with E-state index < -0.39 is 0 Å². The van der Waals surface area contributed by atoms with Gasteiger partial charge < -0.3 is 19.3 Å². The molecule has 0 bridgehead atoms. The first-order chi connectivity index (χ1) is 9.26. The Kier molecular flexibility index (Phi) is 8.62. The van der Waals surface area contributed by atoms with Crippen molar-refractivity contribution < 1.29 is 19.3 Å². The van der Waals surface area contributed by atoms with E-state index in [-0.39, 0.29) is 5.79 Å². The topological polar surface area (TPSA) is 47.9 Å². The van der Waals surface area contributed by atoms with Crippen molar-refractivity contribution in [1.82, 2.24) is 0 Å². The van der Waals surface area contributed by atoms with Gasteiger partial charge in [-0.2, -0.15) is 0 Å².